The van der Waals surface area contributed by atoms with Crippen molar-refractivity contribution in [1.29, 1.82) is 0 Å². The second-order valence-corrected chi connectivity index (χ2v) is 7.89. The number of rotatable bonds is 8. The molecule has 0 fully saturated rings. The molecule has 4 rings (SSSR count). The number of carbonyl (C=O) groups excluding carboxylic acids is 1. The van der Waals surface area contributed by atoms with Gasteiger partial charge in [0.2, 0.25) is 5.91 Å². The van der Waals surface area contributed by atoms with E-state index in [4.69, 9.17) is 4.74 Å². The second-order valence-electron chi connectivity index (χ2n) is 7.89. The number of aryl methyl sites for hydroxylation is 1. The molecule has 4 aromatic rings. The highest BCUT2D eigenvalue weighted by Gasteiger charge is 2.17. The second kappa shape index (κ2) is 9.56. The summed E-state index contributed by atoms with van der Waals surface area (Å²) in [7, 11) is 1.64. The molecule has 1 heterocycles. The molecule has 168 valence electrons. The highest BCUT2D eigenvalue weighted by Crippen LogP contribution is 2.32. The molecule has 1 amide bonds. The highest BCUT2D eigenvalue weighted by molar-refractivity contribution is 5.91. The van der Waals surface area contributed by atoms with Crippen LogP contribution in [0.15, 0.2) is 72.8 Å². The minimum absolute atomic E-state index is 0.0107. The molecular formula is C26H25N3O4. The number of aromatic amines is 1. The largest absolute Gasteiger partial charge is 0.497 e. The highest BCUT2D eigenvalue weighted by atomic mass is 16.6. The standard InChI is InChI=1S/C26H25N3O4/c1-17(19-6-5-7-20(16-19)29(31)32)27-25(30)15-14-23-22-8-3-4-9-24(22)28-26(23)18-10-12-21(33-2)13-11-18/h3-13,16-17,28H,14-15H2,1-2H3,(H,27,30). The lowest BCUT2D eigenvalue weighted by molar-refractivity contribution is -0.384. The molecule has 0 saturated heterocycles. The van der Waals surface area contributed by atoms with Gasteiger partial charge < -0.3 is 15.0 Å². The average Bonchev–Trinajstić information content (AvgIpc) is 3.21. The van der Waals surface area contributed by atoms with Crippen molar-refractivity contribution in [3.63, 3.8) is 0 Å². The fourth-order valence-corrected chi connectivity index (χ4v) is 4.01. The van der Waals surface area contributed by atoms with Crippen LogP contribution in [0, 0.1) is 10.1 Å². The van der Waals surface area contributed by atoms with E-state index in [2.05, 4.69) is 16.4 Å². The summed E-state index contributed by atoms with van der Waals surface area (Å²) in [6.45, 7) is 1.82. The Morgan fingerprint density at radius 2 is 1.85 bits per heavy atom. The van der Waals surface area contributed by atoms with Gasteiger partial charge in [-0.1, -0.05) is 30.3 Å². The summed E-state index contributed by atoms with van der Waals surface area (Å²) in [6.07, 6.45) is 0.850. The minimum atomic E-state index is -0.435. The number of hydrogen-bond acceptors (Lipinski definition) is 4. The van der Waals surface area contributed by atoms with Crippen molar-refractivity contribution in [2.24, 2.45) is 0 Å². The van der Waals surface area contributed by atoms with Crippen LogP contribution in [-0.4, -0.2) is 22.9 Å². The van der Waals surface area contributed by atoms with Gasteiger partial charge >= 0.3 is 0 Å². The summed E-state index contributed by atoms with van der Waals surface area (Å²) >= 11 is 0. The smallest absolute Gasteiger partial charge is 0.269 e. The van der Waals surface area contributed by atoms with Gasteiger partial charge in [-0.05, 0) is 60.4 Å². The first-order valence-electron chi connectivity index (χ1n) is 10.7. The number of H-pyrrole nitrogens is 1. The summed E-state index contributed by atoms with van der Waals surface area (Å²) < 4.78 is 5.27. The molecular weight excluding hydrogens is 418 g/mol. The Hall–Kier alpha value is -4.13. The van der Waals surface area contributed by atoms with E-state index in [1.807, 2.05) is 49.4 Å². The van der Waals surface area contributed by atoms with Gasteiger partial charge in [0.25, 0.3) is 5.69 Å². The number of nitro benzene ring substituents is 1. The van der Waals surface area contributed by atoms with Crippen molar-refractivity contribution in [2.45, 2.75) is 25.8 Å². The first kappa shape index (κ1) is 22.1. The van der Waals surface area contributed by atoms with Crippen LogP contribution < -0.4 is 10.1 Å². The summed E-state index contributed by atoms with van der Waals surface area (Å²) in [6, 6.07) is 21.9. The van der Waals surface area contributed by atoms with Crippen molar-refractivity contribution in [3.05, 3.63) is 94.0 Å². The maximum absolute atomic E-state index is 12.7. The normalized spacial score (nSPS) is 11.8. The Bertz CT molecular complexity index is 1290. The van der Waals surface area contributed by atoms with Crippen molar-refractivity contribution in [2.75, 3.05) is 7.11 Å². The van der Waals surface area contributed by atoms with Gasteiger partial charge in [-0.3, -0.25) is 14.9 Å². The number of methoxy groups -OCH3 is 1. The Morgan fingerprint density at radius 1 is 1.09 bits per heavy atom. The molecule has 1 aromatic heterocycles. The fraction of sp³-hybridized carbons (Fsp3) is 0.192. The predicted molar refractivity (Wildman–Crippen MR) is 128 cm³/mol. The van der Waals surface area contributed by atoms with E-state index in [-0.39, 0.29) is 17.6 Å². The maximum atomic E-state index is 12.7. The number of carbonyl (C=O) groups is 1. The van der Waals surface area contributed by atoms with Crippen LogP contribution in [0.2, 0.25) is 0 Å². The van der Waals surface area contributed by atoms with Crippen LogP contribution in [0.25, 0.3) is 22.2 Å². The number of nitrogens with zero attached hydrogens (tertiary/aromatic N) is 1. The van der Waals surface area contributed by atoms with E-state index in [0.717, 1.165) is 33.5 Å². The molecule has 0 aliphatic rings. The third-order valence-corrected chi connectivity index (χ3v) is 5.75. The lowest BCUT2D eigenvalue weighted by atomic mass is 10.0. The maximum Gasteiger partial charge on any atom is 0.269 e. The molecule has 0 radical (unpaired) electrons. The van der Waals surface area contributed by atoms with Crippen LogP contribution in [0.1, 0.15) is 30.5 Å². The quantitative estimate of drug-likeness (QED) is 0.275. The van der Waals surface area contributed by atoms with Crippen LogP contribution in [0.5, 0.6) is 5.75 Å². The average molecular weight is 444 g/mol. The van der Waals surface area contributed by atoms with Crippen molar-refractivity contribution >= 4 is 22.5 Å². The third kappa shape index (κ3) is 4.87. The van der Waals surface area contributed by atoms with Crippen molar-refractivity contribution in [3.8, 4) is 17.0 Å². The number of nitro groups is 1. The van der Waals surface area contributed by atoms with Crippen LogP contribution >= 0.6 is 0 Å². The van der Waals surface area contributed by atoms with Crippen molar-refractivity contribution in [1.82, 2.24) is 10.3 Å². The van der Waals surface area contributed by atoms with Crippen LogP contribution in [-0.2, 0) is 11.2 Å². The van der Waals surface area contributed by atoms with Gasteiger partial charge in [-0.25, -0.2) is 0 Å². The molecule has 0 bridgehead atoms. The zero-order chi connectivity index (χ0) is 23.4. The number of para-hydroxylation sites is 1. The lowest BCUT2D eigenvalue weighted by Gasteiger charge is -2.14. The van der Waals surface area contributed by atoms with Crippen molar-refractivity contribution < 1.29 is 14.5 Å². The number of non-ortho nitro benzene ring substituents is 1. The molecule has 1 atom stereocenters. The minimum Gasteiger partial charge on any atom is -0.497 e. The Balaban J connectivity index is 1.52. The summed E-state index contributed by atoms with van der Waals surface area (Å²) in [5.41, 5.74) is 4.81. The van der Waals surface area contributed by atoms with Crippen LogP contribution in [0.3, 0.4) is 0 Å². The number of aromatic nitrogens is 1. The molecule has 1 unspecified atom stereocenters. The molecule has 7 heteroatoms. The van der Waals surface area contributed by atoms with E-state index in [1.54, 1.807) is 19.2 Å². The van der Waals surface area contributed by atoms with Gasteiger partial charge in [0.15, 0.2) is 0 Å². The molecule has 3 aromatic carbocycles. The number of nitrogens with one attached hydrogen (secondary N) is 2. The summed E-state index contributed by atoms with van der Waals surface area (Å²) in [4.78, 5) is 26.8. The Labute approximate surface area is 191 Å². The molecule has 0 aliphatic carbocycles. The topological polar surface area (TPSA) is 97.3 Å². The predicted octanol–water partition coefficient (Wildman–Crippen LogP) is 5.56. The molecule has 7 nitrogen and oxygen atoms in total. The van der Waals surface area contributed by atoms with E-state index in [9.17, 15) is 14.9 Å². The molecule has 0 saturated carbocycles. The van der Waals surface area contributed by atoms with Gasteiger partial charge in [-0.15, -0.1) is 0 Å². The van der Waals surface area contributed by atoms with Gasteiger partial charge in [-0.2, -0.15) is 0 Å². The zero-order valence-electron chi connectivity index (χ0n) is 18.5. The van der Waals surface area contributed by atoms with E-state index < -0.39 is 4.92 Å². The first-order valence-corrected chi connectivity index (χ1v) is 10.7. The first-order chi connectivity index (χ1) is 16.0. The summed E-state index contributed by atoms with van der Waals surface area (Å²) in [5, 5.41) is 15.1. The van der Waals surface area contributed by atoms with Gasteiger partial charge in [0.05, 0.1) is 18.1 Å². The van der Waals surface area contributed by atoms with Gasteiger partial charge in [0.1, 0.15) is 5.75 Å². The van der Waals surface area contributed by atoms with E-state index in [1.165, 1.54) is 12.1 Å². The molecule has 2 N–H and O–H groups in total. The van der Waals surface area contributed by atoms with Crippen LogP contribution in [0.4, 0.5) is 5.69 Å². The van der Waals surface area contributed by atoms with E-state index in [0.29, 0.717) is 18.4 Å². The molecule has 0 spiro atoms. The number of fused-ring (bicyclic) bond motifs is 1. The lowest BCUT2D eigenvalue weighted by Crippen LogP contribution is -2.26. The Morgan fingerprint density at radius 3 is 2.58 bits per heavy atom. The number of benzene rings is 3. The van der Waals surface area contributed by atoms with E-state index >= 15 is 0 Å². The number of ether oxygens (including phenoxy) is 1. The molecule has 0 aliphatic heterocycles. The third-order valence-electron chi connectivity index (χ3n) is 5.75. The summed E-state index contributed by atoms with van der Waals surface area (Å²) in [5.74, 6) is 0.672. The number of amides is 1. The molecule has 33 heavy (non-hydrogen) atoms. The van der Waals surface area contributed by atoms with Gasteiger partial charge in [0, 0.05) is 35.2 Å². The number of hydrogen-bond donors (Lipinski definition) is 2. The SMILES string of the molecule is COc1ccc(-c2[nH]c3ccccc3c2CCC(=O)NC(C)c2cccc([N+](=O)[O-])c2)cc1. The zero-order valence-corrected chi connectivity index (χ0v) is 18.5. The monoisotopic (exact) mass is 443 g/mol. The Kier molecular flexibility index (Phi) is 6.40. The fourth-order valence-electron chi connectivity index (χ4n) is 4.01.